The summed E-state index contributed by atoms with van der Waals surface area (Å²) in [6.07, 6.45) is 0. The Morgan fingerprint density at radius 1 is 1.03 bits per heavy atom. The van der Waals surface area contributed by atoms with Crippen molar-refractivity contribution in [2.75, 3.05) is 13.7 Å². The van der Waals surface area contributed by atoms with Gasteiger partial charge in [0.05, 0.1) is 13.2 Å². The number of hydrogen-bond donors (Lipinski definition) is 2. The molecule has 2 atom stereocenters. The molecule has 35 heavy (non-hydrogen) atoms. The van der Waals surface area contributed by atoms with Gasteiger partial charge in [-0.2, -0.15) is 0 Å². The number of urea groups is 1. The highest BCUT2D eigenvalue weighted by Gasteiger charge is 2.51. The van der Waals surface area contributed by atoms with E-state index in [1.54, 1.807) is 31.4 Å². The highest BCUT2D eigenvalue weighted by atomic mass is 19.1. The number of carbonyl (C=O) groups excluding carboxylic acids is 3. The van der Waals surface area contributed by atoms with Crippen LogP contribution in [0.2, 0.25) is 0 Å². The molecule has 1 aliphatic rings. The van der Waals surface area contributed by atoms with Gasteiger partial charge in [-0.15, -0.1) is 0 Å². The zero-order valence-electron chi connectivity index (χ0n) is 19.0. The van der Waals surface area contributed by atoms with Crippen LogP contribution in [-0.2, 0) is 15.1 Å². The van der Waals surface area contributed by atoms with Crippen molar-refractivity contribution in [2.45, 2.75) is 18.5 Å². The molecule has 0 saturated carbocycles. The van der Waals surface area contributed by atoms with Gasteiger partial charge in [-0.1, -0.05) is 42.5 Å². The minimum atomic E-state index is -1.85. The summed E-state index contributed by atoms with van der Waals surface area (Å²) in [4.78, 5) is 39.4. The summed E-state index contributed by atoms with van der Waals surface area (Å²) >= 11 is 0. The topological polar surface area (TPSA) is 87.7 Å². The van der Waals surface area contributed by atoms with Gasteiger partial charge in [0.15, 0.2) is 0 Å². The van der Waals surface area contributed by atoms with E-state index in [2.05, 4.69) is 10.6 Å². The van der Waals surface area contributed by atoms with E-state index in [-0.39, 0.29) is 5.56 Å². The highest BCUT2D eigenvalue weighted by molar-refractivity contribution is 6.09. The Morgan fingerprint density at radius 2 is 1.69 bits per heavy atom. The summed E-state index contributed by atoms with van der Waals surface area (Å²) in [6.45, 7) is 0.670. The lowest BCUT2D eigenvalue weighted by atomic mass is 9.91. The van der Waals surface area contributed by atoms with E-state index < -0.39 is 47.6 Å². The van der Waals surface area contributed by atoms with Crippen LogP contribution in [0.15, 0.2) is 72.8 Å². The van der Waals surface area contributed by atoms with E-state index >= 15 is 0 Å². The van der Waals surface area contributed by atoms with Crippen LogP contribution in [0.4, 0.5) is 13.6 Å². The summed E-state index contributed by atoms with van der Waals surface area (Å²) < 4.78 is 33.3. The molecule has 1 aliphatic heterocycles. The second-order valence-electron chi connectivity index (χ2n) is 8.25. The van der Waals surface area contributed by atoms with Gasteiger partial charge in [0.25, 0.3) is 5.91 Å². The van der Waals surface area contributed by atoms with Gasteiger partial charge < -0.3 is 15.4 Å². The minimum absolute atomic E-state index is 0.320. The Bertz CT molecular complexity index is 1270. The van der Waals surface area contributed by atoms with Crippen molar-refractivity contribution in [3.05, 3.63) is 101 Å². The van der Waals surface area contributed by atoms with Gasteiger partial charge >= 0.3 is 6.03 Å². The van der Waals surface area contributed by atoms with Crippen LogP contribution < -0.4 is 15.4 Å². The zero-order chi connectivity index (χ0) is 25.2. The Hall–Kier alpha value is -4.27. The molecule has 0 unspecified atom stereocenters. The summed E-state index contributed by atoms with van der Waals surface area (Å²) in [5, 5.41) is 5.24. The molecule has 0 aliphatic carbocycles. The lowest BCUT2D eigenvalue weighted by molar-refractivity contribution is -0.135. The Balaban J connectivity index is 1.56. The number of rotatable bonds is 7. The molecule has 3 aromatic rings. The van der Waals surface area contributed by atoms with Crippen molar-refractivity contribution >= 4 is 17.8 Å². The van der Waals surface area contributed by atoms with Gasteiger partial charge in [0.2, 0.25) is 5.91 Å². The molecular weight excluding hydrogens is 456 g/mol. The molecule has 0 bridgehead atoms. The number of nitrogens with zero attached hydrogens (tertiary/aromatic N) is 1. The number of benzene rings is 3. The summed E-state index contributed by atoms with van der Waals surface area (Å²) in [7, 11) is 1.55. The number of carbonyl (C=O) groups is 3. The van der Waals surface area contributed by atoms with Crippen molar-refractivity contribution in [2.24, 2.45) is 0 Å². The van der Waals surface area contributed by atoms with Crippen LogP contribution in [0.5, 0.6) is 5.75 Å². The summed E-state index contributed by atoms with van der Waals surface area (Å²) in [6, 6.07) is 17.5. The lowest BCUT2D eigenvalue weighted by Gasteiger charge is -2.23. The quantitative estimate of drug-likeness (QED) is 0.507. The molecule has 3 aromatic carbocycles. The Morgan fingerprint density at radius 3 is 2.34 bits per heavy atom. The molecule has 0 spiro atoms. The third-order valence-electron chi connectivity index (χ3n) is 5.93. The predicted molar refractivity (Wildman–Crippen MR) is 123 cm³/mol. The van der Waals surface area contributed by atoms with E-state index in [1.165, 1.54) is 6.92 Å². The molecule has 1 fully saturated rings. The number of halogens is 2. The van der Waals surface area contributed by atoms with E-state index in [9.17, 15) is 23.2 Å². The average molecular weight is 479 g/mol. The lowest BCUT2D eigenvalue weighted by Crippen LogP contribution is -2.44. The molecule has 1 saturated heterocycles. The Kier molecular flexibility index (Phi) is 6.50. The summed E-state index contributed by atoms with van der Waals surface area (Å²) in [5.74, 6) is -2.43. The first-order chi connectivity index (χ1) is 16.7. The number of imide groups is 1. The first kappa shape index (κ1) is 23.9. The van der Waals surface area contributed by atoms with Crippen LogP contribution in [0.3, 0.4) is 0 Å². The van der Waals surface area contributed by atoms with Crippen molar-refractivity contribution in [3.63, 3.8) is 0 Å². The molecule has 2 N–H and O–H groups in total. The number of hydrogen-bond acceptors (Lipinski definition) is 4. The van der Waals surface area contributed by atoms with E-state index in [4.69, 9.17) is 4.74 Å². The molecule has 0 radical (unpaired) electrons. The van der Waals surface area contributed by atoms with Gasteiger partial charge in [0.1, 0.15) is 29.5 Å². The number of amides is 4. The van der Waals surface area contributed by atoms with Crippen molar-refractivity contribution in [1.29, 1.82) is 0 Å². The highest BCUT2D eigenvalue weighted by Crippen LogP contribution is 2.31. The second kappa shape index (κ2) is 9.54. The van der Waals surface area contributed by atoms with Gasteiger partial charge in [0, 0.05) is 5.56 Å². The van der Waals surface area contributed by atoms with Crippen molar-refractivity contribution in [1.82, 2.24) is 15.5 Å². The fourth-order valence-electron chi connectivity index (χ4n) is 4.05. The molecular formula is C26H23F2N3O4. The standard InChI is InChI=1S/C26H23F2N3O4/c1-26(20-14-18(27)10-13-21(20)28)24(33)31(25(34)30-26)15-22(32)29-23(16-6-4-3-5-7-16)17-8-11-19(35-2)12-9-17/h3-14,23H,15H2,1-2H3,(H,29,32)(H,30,34)/t23-,26+/m1/s1. The maximum Gasteiger partial charge on any atom is 0.325 e. The van der Waals surface area contributed by atoms with Gasteiger partial charge in [-0.05, 0) is 48.4 Å². The van der Waals surface area contributed by atoms with Crippen LogP contribution in [-0.4, -0.2) is 36.4 Å². The van der Waals surface area contributed by atoms with Crippen LogP contribution in [0.1, 0.15) is 29.7 Å². The van der Waals surface area contributed by atoms with Gasteiger partial charge in [-0.3, -0.25) is 14.5 Å². The predicted octanol–water partition coefficient (Wildman–Crippen LogP) is 3.65. The maximum atomic E-state index is 14.4. The smallest absolute Gasteiger partial charge is 0.325 e. The monoisotopic (exact) mass is 479 g/mol. The SMILES string of the molecule is COc1ccc([C@H](NC(=O)CN2C(=O)N[C@@](C)(c3cc(F)ccc3F)C2=O)c2ccccc2)cc1. The summed E-state index contributed by atoms with van der Waals surface area (Å²) in [5.41, 5.74) is -0.624. The Labute approximate surface area is 200 Å². The average Bonchev–Trinajstić information content (AvgIpc) is 3.08. The molecule has 4 rings (SSSR count). The van der Waals surface area contributed by atoms with Crippen molar-refractivity contribution < 1.29 is 27.9 Å². The fraction of sp³-hybridized carbons (Fsp3) is 0.192. The van der Waals surface area contributed by atoms with Crippen LogP contribution >= 0.6 is 0 Å². The first-order valence-electron chi connectivity index (χ1n) is 10.8. The molecule has 180 valence electrons. The number of methoxy groups -OCH3 is 1. The van der Waals surface area contributed by atoms with Crippen LogP contribution in [0, 0.1) is 11.6 Å². The van der Waals surface area contributed by atoms with Crippen molar-refractivity contribution in [3.8, 4) is 5.75 Å². The first-order valence-corrected chi connectivity index (χ1v) is 10.8. The molecule has 0 aromatic heterocycles. The van der Waals surface area contributed by atoms with E-state index in [1.807, 2.05) is 30.3 Å². The molecule has 7 nitrogen and oxygen atoms in total. The van der Waals surface area contributed by atoms with Gasteiger partial charge in [-0.25, -0.2) is 13.6 Å². The second-order valence-corrected chi connectivity index (χ2v) is 8.25. The van der Waals surface area contributed by atoms with E-state index in [0.717, 1.165) is 29.3 Å². The molecule has 1 heterocycles. The van der Waals surface area contributed by atoms with E-state index in [0.29, 0.717) is 10.6 Å². The molecule has 4 amide bonds. The maximum absolute atomic E-state index is 14.4. The largest absolute Gasteiger partial charge is 0.497 e. The zero-order valence-corrected chi connectivity index (χ0v) is 19.0. The number of nitrogens with one attached hydrogen (secondary N) is 2. The third-order valence-corrected chi connectivity index (χ3v) is 5.93. The normalized spacial score (nSPS) is 18.2. The fourth-order valence-corrected chi connectivity index (χ4v) is 4.05. The minimum Gasteiger partial charge on any atom is -0.497 e. The van der Waals surface area contributed by atoms with Crippen LogP contribution in [0.25, 0.3) is 0 Å². The third kappa shape index (κ3) is 4.70. The molecule has 9 heteroatoms. The number of ether oxygens (including phenoxy) is 1.